The molecule has 0 radical (unpaired) electrons. The first-order valence-electron chi connectivity index (χ1n) is 26.9. The van der Waals surface area contributed by atoms with Crippen molar-refractivity contribution in [3.05, 3.63) is 253 Å². The summed E-state index contributed by atoms with van der Waals surface area (Å²) in [6.45, 7) is 0. The van der Waals surface area contributed by atoms with E-state index in [1.54, 1.807) is 36.4 Å². The Morgan fingerprint density at radius 2 is 0.370 bits per heavy atom. The summed E-state index contributed by atoms with van der Waals surface area (Å²) < 4.78 is 0. The Labute approximate surface area is 462 Å². The van der Waals surface area contributed by atoms with E-state index in [2.05, 4.69) is 164 Å². The predicted octanol–water partition coefficient (Wildman–Crippen LogP) is 19.5. The van der Waals surface area contributed by atoms with E-state index in [1.807, 2.05) is 36.4 Å². The fraction of sp³-hybridized carbons (Fsp3) is 0. The van der Waals surface area contributed by atoms with Crippen LogP contribution in [0.4, 0.5) is 0 Å². The molecular formula is C75H42O6. The van der Waals surface area contributed by atoms with E-state index >= 15 is 0 Å². The topological polar surface area (TPSA) is 112 Å². The molecule has 0 aliphatic rings. The fourth-order valence-electron chi connectivity index (χ4n) is 13.5. The lowest BCUT2D eigenvalue weighted by molar-refractivity contribution is 0.0686. The zero-order valence-corrected chi connectivity index (χ0v) is 43.1. The van der Waals surface area contributed by atoms with Gasteiger partial charge in [0.15, 0.2) is 0 Å². The highest BCUT2D eigenvalue weighted by molar-refractivity contribution is 6.29. The zero-order valence-electron chi connectivity index (χ0n) is 43.1. The van der Waals surface area contributed by atoms with Crippen LogP contribution >= 0.6 is 0 Å². The molecule has 0 heterocycles. The van der Waals surface area contributed by atoms with Crippen molar-refractivity contribution in [3.63, 3.8) is 0 Å². The minimum atomic E-state index is -1.05. The molecule has 16 rings (SSSR count). The fourth-order valence-corrected chi connectivity index (χ4v) is 13.5. The Hall–Kier alpha value is -11.0. The summed E-state index contributed by atoms with van der Waals surface area (Å²) in [6.07, 6.45) is 0. The Morgan fingerprint density at radius 3 is 0.568 bits per heavy atom. The molecule has 0 aromatic heterocycles. The summed E-state index contributed by atoms with van der Waals surface area (Å²) >= 11 is 0. The molecule has 6 nitrogen and oxygen atoms in total. The number of carbonyl (C=O) groups is 3. The molecule has 16 aromatic carbocycles. The Morgan fingerprint density at radius 1 is 0.198 bits per heavy atom. The normalized spacial score (nSPS) is 12.0. The summed E-state index contributed by atoms with van der Waals surface area (Å²) in [5, 5.41) is 51.3. The van der Waals surface area contributed by atoms with Crippen LogP contribution in [0, 0.1) is 0 Å². The highest BCUT2D eigenvalue weighted by atomic mass is 16.4. The van der Waals surface area contributed by atoms with Gasteiger partial charge in [0.05, 0.1) is 16.7 Å². The number of hydrogen-bond donors (Lipinski definition) is 3. The van der Waals surface area contributed by atoms with Crippen molar-refractivity contribution in [1.29, 1.82) is 0 Å². The maximum atomic E-state index is 12.8. The van der Waals surface area contributed by atoms with Crippen molar-refractivity contribution in [2.24, 2.45) is 0 Å². The van der Waals surface area contributed by atoms with Crippen molar-refractivity contribution in [2.75, 3.05) is 0 Å². The van der Waals surface area contributed by atoms with Gasteiger partial charge in [0.25, 0.3) is 0 Å². The number of carboxylic acid groups (broad SMARTS) is 3. The van der Waals surface area contributed by atoms with Crippen LogP contribution < -0.4 is 0 Å². The van der Waals surface area contributed by atoms with Crippen LogP contribution in [-0.4, -0.2) is 33.2 Å². The lowest BCUT2D eigenvalue weighted by Gasteiger charge is -2.30. The van der Waals surface area contributed by atoms with E-state index in [-0.39, 0.29) is 16.7 Å². The second-order valence-electron chi connectivity index (χ2n) is 21.4. The van der Waals surface area contributed by atoms with Crippen LogP contribution in [0.25, 0.3) is 164 Å². The maximum Gasteiger partial charge on any atom is 0.335 e. The first-order chi connectivity index (χ1) is 39.6. The van der Waals surface area contributed by atoms with Crippen molar-refractivity contribution in [3.8, 4) is 66.8 Å². The molecule has 0 amide bonds. The van der Waals surface area contributed by atoms with Gasteiger partial charge in [-0.25, -0.2) is 14.4 Å². The standard InChI is InChI=1S/C75H42O6/c76-73(77)49-22-10-46(11-23-49)67-70(58-34-52-28-16-40-4-1-5-41-17-29-53(35-58)64(52)61(40)41)68(47-12-24-50(25-13-47)74(78)79)72(60-38-56-32-20-44-8-3-9-45-21-33-57(39-60)66(56)63(44)45)69(48-14-26-51(27-15-48)75(80)81)71(67)59-36-54-30-18-42-6-2-7-43-19-31-55(37-59)65(54)62(42)43/h1-39H,(H,76,77)(H,78,79)(H,80,81). The number of carboxylic acids is 3. The molecular weight excluding hydrogens is 997 g/mol. The van der Waals surface area contributed by atoms with Crippen LogP contribution in [0.1, 0.15) is 31.1 Å². The van der Waals surface area contributed by atoms with Gasteiger partial charge >= 0.3 is 17.9 Å². The van der Waals surface area contributed by atoms with E-state index in [0.29, 0.717) is 0 Å². The van der Waals surface area contributed by atoms with Crippen LogP contribution in [0.5, 0.6) is 0 Å². The van der Waals surface area contributed by atoms with Gasteiger partial charge in [-0.3, -0.25) is 0 Å². The third-order valence-electron chi connectivity index (χ3n) is 17.0. The first-order valence-corrected chi connectivity index (χ1v) is 26.9. The molecule has 3 N–H and O–H groups in total. The smallest absolute Gasteiger partial charge is 0.335 e. The largest absolute Gasteiger partial charge is 0.478 e. The predicted molar refractivity (Wildman–Crippen MR) is 331 cm³/mol. The molecule has 0 aliphatic heterocycles. The lowest BCUT2D eigenvalue weighted by atomic mass is 9.73. The van der Waals surface area contributed by atoms with E-state index < -0.39 is 17.9 Å². The van der Waals surface area contributed by atoms with E-state index in [1.165, 1.54) is 16.2 Å². The monoisotopic (exact) mass is 1040 g/mol. The van der Waals surface area contributed by atoms with E-state index in [9.17, 15) is 29.7 Å². The molecule has 0 aliphatic carbocycles. The van der Waals surface area contributed by atoms with Gasteiger partial charge in [-0.1, -0.05) is 164 Å². The molecule has 81 heavy (non-hydrogen) atoms. The summed E-state index contributed by atoms with van der Waals surface area (Å²) in [5.74, 6) is -3.16. The van der Waals surface area contributed by atoms with Crippen LogP contribution in [0.2, 0.25) is 0 Å². The Balaban J connectivity index is 1.17. The average molecular weight is 1040 g/mol. The van der Waals surface area contributed by atoms with Gasteiger partial charge in [-0.15, -0.1) is 0 Å². The highest BCUT2D eigenvalue weighted by Crippen LogP contribution is 2.58. The van der Waals surface area contributed by atoms with Gasteiger partial charge in [0.2, 0.25) is 0 Å². The van der Waals surface area contributed by atoms with Gasteiger partial charge in [0, 0.05) is 0 Å². The van der Waals surface area contributed by atoms with Crippen LogP contribution in [-0.2, 0) is 0 Å². The van der Waals surface area contributed by atoms with Crippen molar-refractivity contribution in [1.82, 2.24) is 0 Å². The molecule has 0 fully saturated rings. The highest BCUT2D eigenvalue weighted by Gasteiger charge is 2.31. The van der Waals surface area contributed by atoms with Gasteiger partial charge in [-0.2, -0.15) is 0 Å². The molecule has 0 atom stereocenters. The Kier molecular flexibility index (Phi) is 9.85. The molecule has 0 bridgehead atoms. The molecule has 16 aromatic rings. The molecule has 6 heteroatoms. The first kappa shape index (κ1) is 46.2. The number of rotatable bonds is 9. The summed E-state index contributed by atoms with van der Waals surface area (Å²) in [4.78, 5) is 38.3. The quantitative estimate of drug-likeness (QED) is 0.124. The van der Waals surface area contributed by atoms with Gasteiger partial charge in [-0.05, 0) is 237 Å². The maximum absolute atomic E-state index is 12.8. The average Bonchev–Trinajstić information content (AvgIpc) is 3.67. The van der Waals surface area contributed by atoms with Crippen LogP contribution in [0.15, 0.2) is 237 Å². The molecule has 0 unspecified atom stereocenters. The van der Waals surface area contributed by atoms with Gasteiger partial charge in [0.1, 0.15) is 0 Å². The molecule has 0 saturated carbocycles. The second kappa shape index (κ2) is 17.3. The summed E-state index contributed by atoms with van der Waals surface area (Å²) in [6, 6.07) is 80.3. The van der Waals surface area contributed by atoms with E-state index in [4.69, 9.17) is 0 Å². The molecule has 0 saturated heterocycles. The summed E-state index contributed by atoms with van der Waals surface area (Å²) in [5.41, 5.74) is 10.3. The second-order valence-corrected chi connectivity index (χ2v) is 21.4. The van der Waals surface area contributed by atoms with Crippen LogP contribution in [0.3, 0.4) is 0 Å². The summed E-state index contributed by atoms with van der Waals surface area (Å²) in [7, 11) is 0. The van der Waals surface area contributed by atoms with E-state index in [0.717, 1.165) is 148 Å². The van der Waals surface area contributed by atoms with Gasteiger partial charge < -0.3 is 15.3 Å². The number of benzene rings is 16. The molecule has 378 valence electrons. The van der Waals surface area contributed by atoms with Crippen molar-refractivity contribution < 1.29 is 29.7 Å². The lowest BCUT2D eigenvalue weighted by Crippen LogP contribution is -2.04. The minimum absolute atomic E-state index is 0.132. The number of hydrogen-bond acceptors (Lipinski definition) is 3. The third-order valence-corrected chi connectivity index (χ3v) is 17.0. The Bertz CT molecular complexity index is 4600. The van der Waals surface area contributed by atoms with Crippen molar-refractivity contribution in [2.45, 2.75) is 0 Å². The third kappa shape index (κ3) is 6.97. The van der Waals surface area contributed by atoms with Crippen molar-refractivity contribution >= 4 is 115 Å². The minimum Gasteiger partial charge on any atom is -0.478 e. The zero-order chi connectivity index (χ0) is 54.4. The number of aromatic carboxylic acids is 3. The molecule has 0 spiro atoms. The SMILES string of the molecule is O=C(O)c1ccc(-c2c(-c3cc4ccc5cccc6ccc(c3)c4c56)c(-c3ccc(C(=O)O)cc3)c(-c3cc4ccc5cccc6ccc(c3)c4c56)c(-c3ccc(C(=O)O)cc3)c2-c2cc3ccc4cccc5ccc(c2)c3c45)cc1.